The number of alkyl halides is 3. The molecule has 15 aliphatic heterocycles. The zero-order valence-corrected chi connectivity index (χ0v) is 90.2. The minimum absolute atomic E-state index is 0.0211. The van der Waals surface area contributed by atoms with Gasteiger partial charge in [0.25, 0.3) is 0 Å². The second-order valence-corrected chi connectivity index (χ2v) is 51.5. The summed E-state index contributed by atoms with van der Waals surface area (Å²) in [4.78, 5) is 84.7. The summed E-state index contributed by atoms with van der Waals surface area (Å²) in [6.07, 6.45) is 33.9. The first kappa shape index (κ1) is 108. The number of carbonyl (C=O) groups is 4. The summed E-state index contributed by atoms with van der Waals surface area (Å²) >= 11 is 8.74. The summed E-state index contributed by atoms with van der Waals surface area (Å²) in [6, 6.07) is 25.6. The fourth-order valence-corrected chi connectivity index (χ4v) is 27.9. The molecule has 0 aliphatic carbocycles. The van der Waals surface area contributed by atoms with Crippen molar-refractivity contribution in [3.8, 4) is 0 Å². The van der Waals surface area contributed by atoms with Crippen molar-refractivity contribution in [3.63, 3.8) is 0 Å². The molecule has 0 spiro atoms. The van der Waals surface area contributed by atoms with Crippen molar-refractivity contribution in [3.05, 3.63) is 126 Å². The Morgan fingerprint density at radius 3 is 1.21 bits per heavy atom. The van der Waals surface area contributed by atoms with Gasteiger partial charge in [-0.2, -0.15) is 21.6 Å². The number of piperidine rings is 5. The summed E-state index contributed by atoms with van der Waals surface area (Å²) in [5.74, 6) is 2.75. The normalized spacial score (nSPS) is 30.7. The molecule has 12 bridgehead atoms. The Morgan fingerprint density at radius 1 is 0.436 bits per heavy atom. The van der Waals surface area contributed by atoms with Gasteiger partial charge >= 0.3 is 48.1 Å². The van der Waals surface area contributed by atoms with Gasteiger partial charge in [0.15, 0.2) is 3.92 Å². The van der Waals surface area contributed by atoms with Crippen LogP contribution in [-0.4, -0.2) is 283 Å². The van der Waals surface area contributed by atoms with Gasteiger partial charge in [0.1, 0.15) is 33.4 Å². The van der Waals surface area contributed by atoms with Crippen LogP contribution in [0.25, 0.3) is 36.2 Å². The molecule has 11 saturated heterocycles. The number of likely N-dealkylation sites (tertiary alicyclic amines) is 3. The van der Waals surface area contributed by atoms with Crippen LogP contribution in [0.1, 0.15) is 301 Å². The molecule has 36 heteroatoms. The SMILES string of the molecule is CC1C(=O)CC2CCC1N2C.CN1C2C=C(B(O)O)CC1CC2.CN1C2C=C(B(O)O)CC1CC2.CN1C2C=C(OS(=O)(=O)C(F)(F)F)CC1CC2.C[C@H]1CCC(c2ccc3sc(Br)nc3c2)N(C(=O)OC(C)(C)C)C1.C[C@H]1CCC(c2ccc3sc(C4=CC5CCC(C4)N5C)nc3c2)N(C(=O)OC(C)(C)C)C1.C[C@H]1CCC(c2ccc3sc(C4CC5CCC(C4)N5C)nc3c2)N(C(=O)OC(C)(C)C)C1. The third kappa shape index (κ3) is 25.8. The molecule has 6 aromatic rings. The van der Waals surface area contributed by atoms with Gasteiger partial charge in [0, 0.05) is 117 Å². The van der Waals surface area contributed by atoms with Crippen LogP contribution in [0.5, 0.6) is 0 Å². The first-order valence-electron chi connectivity index (χ1n) is 51.1. The van der Waals surface area contributed by atoms with Crippen molar-refractivity contribution in [2.45, 2.75) is 369 Å². The number of fused-ring (bicyclic) bond motifs is 15. The third-order valence-electron chi connectivity index (χ3n) is 32.0. The fourth-order valence-electron chi connectivity index (χ4n) is 23.9. The number of hydrogen-bond donors (Lipinski definition) is 4. The topological polar surface area (TPSA) is 288 Å². The van der Waals surface area contributed by atoms with Crippen LogP contribution in [-0.2, 0) is 33.3 Å². The van der Waals surface area contributed by atoms with E-state index in [0.29, 0.717) is 83.7 Å². The molecule has 4 N–H and O–H groups in total. The van der Waals surface area contributed by atoms with E-state index in [1.54, 1.807) is 22.7 Å². The number of rotatable bonds is 9. The van der Waals surface area contributed by atoms with Crippen molar-refractivity contribution >= 4 is 135 Å². The van der Waals surface area contributed by atoms with Gasteiger partial charge in [0.2, 0.25) is 0 Å². The molecule has 140 heavy (non-hydrogen) atoms. The van der Waals surface area contributed by atoms with Crippen LogP contribution < -0.4 is 0 Å². The number of amides is 3. The first-order valence-corrected chi connectivity index (χ1v) is 55.8. The molecular weight excluding hydrogens is 1930 g/mol. The largest absolute Gasteiger partial charge is 0.534 e. The zero-order chi connectivity index (χ0) is 101. The van der Waals surface area contributed by atoms with E-state index < -0.39 is 46.7 Å². The maximum Gasteiger partial charge on any atom is 0.534 e. The van der Waals surface area contributed by atoms with Gasteiger partial charge in [-0.15, -0.1) is 34.0 Å². The first-order chi connectivity index (χ1) is 65.8. The quantitative estimate of drug-likeness (QED) is 0.0453. The Morgan fingerprint density at radius 2 is 0.807 bits per heavy atom. The van der Waals surface area contributed by atoms with Crippen LogP contribution >= 0.6 is 49.9 Å². The lowest BCUT2D eigenvalue weighted by molar-refractivity contribution is -0.127. The number of aromatic nitrogens is 3. The average molecular weight is 2080 g/mol. The number of likely N-dealkylation sites (N-methyl/N-ethyl adjacent to an activating group) is 4. The Hall–Kier alpha value is -6.48. The monoisotopic (exact) mass is 2080 g/mol. The van der Waals surface area contributed by atoms with E-state index >= 15 is 0 Å². The predicted molar refractivity (Wildman–Crippen MR) is 554 cm³/mol. The maximum absolute atomic E-state index is 13.0. The third-order valence-corrected chi connectivity index (χ3v) is 36.8. The van der Waals surface area contributed by atoms with E-state index in [2.05, 4.69) is 173 Å². The highest BCUT2D eigenvalue weighted by atomic mass is 79.9. The highest BCUT2D eigenvalue weighted by molar-refractivity contribution is 9.11. The van der Waals surface area contributed by atoms with Crippen molar-refractivity contribution in [1.29, 1.82) is 0 Å². The molecule has 16 unspecified atom stereocenters. The second-order valence-electron chi connectivity index (χ2n) is 45.6. The van der Waals surface area contributed by atoms with Gasteiger partial charge in [-0.1, -0.05) is 64.1 Å². The number of halogens is 4. The number of carbonyl (C=O) groups excluding carboxylic acids is 4. The van der Waals surface area contributed by atoms with Gasteiger partial charge in [0.05, 0.1) is 53.8 Å². The molecular formula is C104H150B2BrF3N12O14S4. The molecule has 19 atom stereocenters. The zero-order valence-electron chi connectivity index (χ0n) is 85.4. The number of Topliss-reactive ketones (excluding diaryl/α,β-unsaturated/α-hetero) is 1. The lowest BCUT2D eigenvalue weighted by Crippen LogP contribution is -2.45. The maximum atomic E-state index is 13.0. The van der Waals surface area contributed by atoms with Crippen LogP contribution in [0.15, 0.2) is 99.5 Å². The molecule has 3 aromatic heterocycles. The van der Waals surface area contributed by atoms with Gasteiger partial charge in [-0.25, -0.2) is 29.3 Å². The van der Waals surface area contributed by atoms with Gasteiger partial charge < -0.3 is 58.1 Å². The number of ketones is 1. The fraction of sp³-hybridized carbons (Fsp3) is 0.683. The molecule has 11 fully saturated rings. The highest BCUT2D eigenvalue weighted by Crippen LogP contribution is 2.49. The van der Waals surface area contributed by atoms with Crippen LogP contribution in [0.2, 0.25) is 0 Å². The summed E-state index contributed by atoms with van der Waals surface area (Å²) in [7, 11) is 4.81. The summed E-state index contributed by atoms with van der Waals surface area (Å²) in [6.45, 7) is 28.2. The summed E-state index contributed by atoms with van der Waals surface area (Å²) in [5.41, 5.74) is 2.84. The highest BCUT2D eigenvalue weighted by Gasteiger charge is 2.51. The molecule has 18 heterocycles. The lowest BCUT2D eigenvalue weighted by Gasteiger charge is -2.39. The van der Waals surface area contributed by atoms with Crippen molar-refractivity contribution in [2.75, 3.05) is 61.9 Å². The number of thiazole rings is 3. The average Bonchev–Trinajstić information content (AvgIpc) is 1.61. The number of ether oxygens (including phenoxy) is 3. The van der Waals surface area contributed by atoms with Crippen molar-refractivity contribution in [1.82, 2.24) is 59.1 Å². The molecule has 15 aliphatic rings. The Labute approximate surface area is 848 Å². The standard InChI is InChI=1S/C26H37N3O2S.C26H35N3O2S.C18H23BrN2O2S.C9H12F3NO3S.C9H15NO.2C8H14BNO2/c2*1-16-6-10-22(29(15-16)25(30)31-26(2,3)4)17-7-11-23-21(14-17)27-24(32-23)18-12-19-8-9-20(13-18)28(19)5;1-11-5-7-14(21(10-11)17(22)23-18(2,3)4)12-6-8-15-13(9-12)20-16(19)24-15;1-13-6-2-3-7(13)5-8(4-6)16-17(14,15)9(10,11)12;1-6-8-4-3-7(10(8)2)5-9(6)11;2*1-10-7-2-3-8(10)5-6(4-7)9(11)12/h7,11,14,16,18-20,22H,6,8-10,12-13,15H2,1-5H3;7,11-12,14,16,19-20,22H,6,8-10,13,15H2,1-5H3;6,8-9,11,14H,5,7,10H2,1-4H3;4,6-7H,2-3,5H2,1H3;6-8H,3-5H2,1-2H3;2*4,7-8,11-12H,2-3,5H2,1H3/t16-,18?,19?,20?,22?;16-,19?,20?,22?;11-,14?;;;;/m000..../s1. The molecule has 0 saturated carbocycles. The number of nitrogens with zero attached hydrogens (tertiary/aromatic N) is 12. The number of hydrogen-bond acceptors (Lipinski definition) is 26. The Balaban J connectivity index is 0.000000128. The lowest BCUT2D eigenvalue weighted by atomic mass is 9.74. The minimum atomic E-state index is -5.52. The molecule has 768 valence electrons. The molecule has 26 nitrogen and oxygen atoms in total. The second kappa shape index (κ2) is 44.3. The minimum Gasteiger partial charge on any atom is -0.444 e. The number of benzene rings is 3. The summed E-state index contributed by atoms with van der Waals surface area (Å²) < 4.78 is 83.9. The van der Waals surface area contributed by atoms with E-state index in [1.165, 1.54) is 106 Å². The summed E-state index contributed by atoms with van der Waals surface area (Å²) in [5, 5.41) is 38.5. The van der Waals surface area contributed by atoms with Crippen LogP contribution in [0, 0.1) is 23.7 Å². The van der Waals surface area contributed by atoms with Crippen molar-refractivity contribution in [2.24, 2.45) is 23.7 Å². The van der Waals surface area contributed by atoms with Crippen LogP contribution in [0.4, 0.5) is 27.6 Å². The van der Waals surface area contributed by atoms with Crippen LogP contribution in [0.3, 0.4) is 0 Å². The molecule has 3 aromatic carbocycles. The smallest absolute Gasteiger partial charge is 0.444 e. The van der Waals surface area contributed by atoms with E-state index in [9.17, 15) is 40.8 Å². The van der Waals surface area contributed by atoms with Crippen molar-refractivity contribution < 1.29 is 79.3 Å². The van der Waals surface area contributed by atoms with E-state index in [1.807, 2.05) is 112 Å². The van der Waals surface area contributed by atoms with E-state index in [4.69, 9.17) is 44.3 Å². The van der Waals surface area contributed by atoms with E-state index in [0.717, 1.165) is 163 Å². The Bertz CT molecular complexity index is 5580. The molecule has 0 radical (unpaired) electrons. The predicted octanol–water partition coefficient (Wildman–Crippen LogP) is 20.6. The van der Waals surface area contributed by atoms with Gasteiger partial charge in [-0.05, 0) is 362 Å². The van der Waals surface area contributed by atoms with Gasteiger partial charge in [-0.3, -0.25) is 29.3 Å². The molecule has 3 amide bonds. The van der Waals surface area contributed by atoms with E-state index in [-0.39, 0.29) is 60.7 Å². The molecule has 21 rings (SSSR count). The Kier molecular flexibility index (Phi) is 34.1.